The summed E-state index contributed by atoms with van der Waals surface area (Å²) in [6.07, 6.45) is 8.27. The zero-order chi connectivity index (χ0) is 47.1. The Morgan fingerprint density at radius 3 is 1.39 bits per heavy atom. The quantitative estimate of drug-likeness (QED) is 0.0448. The summed E-state index contributed by atoms with van der Waals surface area (Å²) in [6.45, 7) is 12.5. The first kappa shape index (κ1) is 50.1. The molecule has 4 aromatic rings. The Labute approximate surface area is 372 Å². The molecule has 0 aliphatic rings. The smallest absolute Gasteiger partial charge is 0.325 e. The molecule has 0 bridgehead atoms. The number of fused-ring (bicyclic) bond motifs is 1. The molecular weight excluding hydrogens is 825 g/mol. The molecule has 1 aromatic carbocycles. The van der Waals surface area contributed by atoms with Gasteiger partial charge in [0.1, 0.15) is 36.3 Å². The summed E-state index contributed by atoms with van der Waals surface area (Å²) in [5.41, 5.74) is 9.16. The number of carbonyl (C=O) groups is 7. The van der Waals surface area contributed by atoms with Gasteiger partial charge in [0.15, 0.2) is 0 Å². The molecular formula is C44H64N12O8. The van der Waals surface area contributed by atoms with Gasteiger partial charge in [-0.2, -0.15) is 0 Å². The predicted octanol–water partition coefficient (Wildman–Crippen LogP) is 1.12. The summed E-state index contributed by atoms with van der Waals surface area (Å²) in [5.74, 6) is -5.58. The summed E-state index contributed by atoms with van der Waals surface area (Å²) in [6, 6.07) is -0.478. The average Bonchev–Trinajstić information content (AvgIpc) is 4.03. The molecule has 0 saturated heterocycles. The number of H-pyrrole nitrogens is 3. The standard InChI is InChI=1S/C44H64N12O8/c1-23(2)12-33(40(59)54-35(14-25(5)6)42(61)56-36(16-28-19-46-21-49-28)39(58)51-26(7)44(63)64)53-41(60)34(13-24(3)4)55-43(62)37(17-29-20-47-22-50-29)52-38(57)31(45)15-27-18-48-32-11-9-8-10-30(27)32/h8-11,18-26,31,33-37,48H,12-17,45H2,1-7H3,(H,46,49)(H,47,50)(H,51,58)(H,52,57)(H,53,60)(H,54,59)(H,55,62)(H,56,61)(H,63,64)/t26-,31-,33-,34-,35-,36-,37-/m0/s1. The molecule has 0 fully saturated rings. The molecule has 3 heterocycles. The maximum Gasteiger partial charge on any atom is 0.325 e. The molecule has 7 atom stereocenters. The van der Waals surface area contributed by atoms with Crippen LogP contribution >= 0.6 is 0 Å². The third-order valence-electron chi connectivity index (χ3n) is 10.4. The molecule has 20 nitrogen and oxygen atoms in total. The lowest BCUT2D eigenvalue weighted by atomic mass is 9.98. The number of para-hydroxylation sites is 1. The SMILES string of the molecule is CC(C)C[C@H](NC(=O)[C@H](CC(C)C)NC(=O)[C@H](CC(C)C)NC(=O)[C@H](Cc1cnc[nH]1)NC(=O)[C@@H](N)Cc1c[nH]c2ccccc12)C(=O)N[C@@H](Cc1cnc[nH]1)C(=O)N[C@@H](C)C(=O)O. The van der Waals surface area contributed by atoms with E-state index in [4.69, 9.17) is 5.73 Å². The van der Waals surface area contributed by atoms with E-state index >= 15 is 0 Å². The number of imidazole rings is 2. The third kappa shape index (κ3) is 15.4. The van der Waals surface area contributed by atoms with Gasteiger partial charge >= 0.3 is 5.97 Å². The summed E-state index contributed by atoms with van der Waals surface area (Å²) in [5, 5.41) is 26.5. The molecule has 0 saturated carbocycles. The fourth-order valence-electron chi connectivity index (χ4n) is 7.13. The molecule has 12 N–H and O–H groups in total. The van der Waals surface area contributed by atoms with Crippen molar-refractivity contribution >= 4 is 52.3 Å². The van der Waals surface area contributed by atoms with Crippen molar-refractivity contribution in [3.8, 4) is 0 Å². The van der Waals surface area contributed by atoms with E-state index in [2.05, 4.69) is 56.8 Å². The number of carbonyl (C=O) groups excluding carboxylic acids is 6. The number of nitrogens with two attached hydrogens (primary N) is 1. The highest BCUT2D eigenvalue weighted by atomic mass is 16.4. The van der Waals surface area contributed by atoms with Crippen LogP contribution in [0.4, 0.5) is 0 Å². The Hall–Kier alpha value is -6.57. The lowest BCUT2D eigenvalue weighted by Crippen LogP contribution is -2.60. The van der Waals surface area contributed by atoms with E-state index in [0.29, 0.717) is 11.4 Å². The second kappa shape index (κ2) is 23.8. The average molecular weight is 889 g/mol. The van der Waals surface area contributed by atoms with Crippen LogP contribution in [0.25, 0.3) is 10.9 Å². The number of aromatic nitrogens is 5. The van der Waals surface area contributed by atoms with E-state index in [0.717, 1.165) is 16.5 Å². The van der Waals surface area contributed by atoms with Gasteiger partial charge in [-0.3, -0.25) is 33.6 Å². The Balaban J connectivity index is 1.50. The van der Waals surface area contributed by atoms with Crippen LogP contribution in [0, 0.1) is 17.8 Å². The van der Waals surface area contributed by atoms with Gasteiger partial charge in [0.2, 0.25) is 35.4 Å². The number of nitrogens with zero attached hydrogens (tertiary/aromatic N) is 2. The number of nitrogens with one attached hydrogen (secondary N) is 9. The maximum atomic E-state index is 14.2. The minimum atomic E-state index is -1.27. The minimum Gasteiger partial charge on any atom is -0.480 e. The van der Waals surface area contributed by atoms with Gasteiger partial charge in [0, 0.05) is 53.7 Å². The van der Waals surface area contributed by atoms with E-state index in [1.807, 2.05) is 65.8 Å². The topological polar surface area (TPSA) is 311 Å². The number of amides is 6. The predicted molar refractivity (Wildman–Crippen MR) is 238 cm³/mol. The zero-order valence-electron chi connectivity index (χ0n) is 37.5. The number of benzene rings is 1. The number of hydrogen-bond acceptors (Lipinski definition) is 10. The van der Waals surface area contributed by atoms with Crippen LogP contribution in [0.2, 0.25) is 0 Å². The number of aliphatic carboxylic acids is 1. The number of rotatable bonds is 25. The highest BCUT2D eigenvalue weighted by Crippen LogP contribution is 2.19. The van der Waals surface area contributed by atoms with Crippen molar-refractivity contribution in [2.75, 3.05) is 0 Å². The lowest BCUT2D eigenvalue weighted by molar-refractivity contribution is -0.141. The van der Waals surface area contributed by atoms with Crippen LogP contribution in [0.5, 0.6) is 0 Å². The van der Waals surface area contributed by atoms with Crippen LogP contribution in [0.3, 0.4) is 0 Å². The van der Waals surface area contributed by atoms with Gasteiger partial charge in [0.25, 0.3) is 0 Å². The van der Waals surface area contributed by atoms with Crippen LogP contribution in [0.1, 0.15) is 84.7 Å². The van der Waals surface area contributed by atoms with Crippen LogP contribution in [0.15, 0.2) is 55.5 Å². The Kier molecular flexibility index (Phi) is 18.6. The highest BCUT2D eigenvalue weighted by molar-refractivity contribution is 5.97. The van der Waals surface area contributed by atoms with E-state index in [9.17, 15) is 38.7 Å². The van der Waals surface area contributed by atoms with E-state index in [-0.39, 0.29) is 56.3 Å². The number of hydrogen-bond donors (Lipinski definition) is 11. The number of carboxylic acids is 1. The summed E-state index contributed by atoms with van der Waals surface area (Å²) in [4.78, 5) is 112. The molecule has 0 spiro atoms. The summed E-state index contributed by atoms with van der Waals surface area (Å²) < 4.78 is 0. The van der Waals surface area contributed by atoms with Crippen LogP contribution in [-0.4, -0.2) is 114 Å². The monoisotopic (exact) mass is 888 g/mol. The fraction of sp³-hybridized carbons (Fsp3) is 0.523. The fourth-order valence-corrected chi connectivity index (χ4v) is 7.13. The largest absolute Gasteiger partial charge is 0.480 e. The van der Waals surface area contributed by atoms with Crippen molar-refractivity contribution < 1.29 is 38.7 Å². The molecule has 6 amide bonds. The molecule has 0 radical (unpaired) electrons. The number of aromatic amines is 3. The zero-order valence-corrected chi connectivity index (χ0v) is 37.5. The first-order chi connectivity index (χ1) is 30.3. The Morgan fingerprint density at radius 1 is 0.562 bits per heavy atom. The first-order valence-electron chi connectivity index (χ1n) is 21.6. The van der Waals surface area contributed by atoms with Gasteiger partial charge < -0.3 is 57.7 Å². The number of carboxylic acid groups (broad SMARTS) is 1. The molecule has 64 heavy (non-hydrogen) atoms. The van der Waals surface area contributed by atoms with Gasteiger partial charge in [0.05, 0.1) is 18.7 Å². The molecule has 3 aromatic heterocycles. The molecule has 20 heteroatoms. The van der Waals surface area contributed by atoms with Gasteiger partial charge in [-0.15, -0.1) is 0 Å². The second-order valence-corrected chi connectivity index (χ2v) is 17.5. The summed E-state index contributed by atoms with van der Waals surface area (Å²) in [7, 11) is 0. The third-order valence-corrected chi connectivity index (χ3v) is 10.4. The van der Waals surface area contributed by atoms with E-state index in [1.165, 1.54) is 32.0 Å². The van der Waals surface area contributed by atoms with Gasteiger partial charge in [-0.05, 0) is 62.0 Å². The Bertz CT molecular complexity index is 2170. The van der Waals surface area contributed by atoms with E-state index in [1.54, 1.807) is 6.20 Å². The lowest BCUT2D eigenvalue weighted by Gasteiger charge is -2.29. The molecule has 4 rings (SSSR count). The van der Waals surface area contributed by atoms with Crippen molar-refractivity contribution in [3.63, 3.8) is 0 Å². The highest BCUT2D eigenvalue weighted by Gasteiger charge is 2.34. The first-order valence-corrected chi connectivity index (χ1v) is 21.6. The van der Waals surface area contributed by atoms with Gasteiger partial charge in [-0.25, -0.2) is 9.97 Å². The summed E-state index contributed by atoms with van der Waals surface area (Å²) >= 11 is 0. The van der Waals surface area contributed by atoms with E-state index < -0.39 is 83.7 Å². The normalized spacial score (nSPS) is 14.8. The van der Waals surface area contributed by atoms with Crippen molar-refractivity contribution in [3.05, 3.63) is 72.5 Å². The van der Waals surface area contributed by atoms with Crippen molar-refractivity contribution in [1.82, 2.24) is 56.8 Å². The molecule has 0 aliphatic carbocycles. The van der Waals surface area contributed by atoms with Crippen LogP contribution < -0.4 is 37.6 Å². The van der Waals surface area contributed by atoms with Crippen LogP contribution in [-0.2, 0) is 52.8 Å². The van der Waals surface area contributed by atoms with Gasteiger partial charge in [-0.1, -0.05) is 59.7 Å². The molecule has 348 valence electrons. The minimum absolute atomic E-state index is 0.00801. The molecule has 0 unspecified atom stereocenters. The Morgan fingerprint density at radius 2 is 0.969 bits per heavy atom. The van der Waals surface area contributed by atoms with Crippen molar-refractivity contribution in [1.29, 1.82) is 0 Å². The molecule has 0 aliphatic heterocycles. The maximum absolute atomic E-state index is 14.2. The van der Waals surface area contributed by atoms with Crippen molar-refractivity contribution in [2.45, 2.75) is 129 Å². The second-order valence-electron chi connectivity index (χ2n) is 17.5. The van der Waals surface area contributed by atoms with Crippen molar-refractivity contribution in [2.24, 2.45) is 23.5 Å².